The van der Waals surface area contributed by atoms with Crippen molar-refractivity contribution in [2.75, 3.05) is 34.0 Å². The molecule has 0 aliphatic rings. The molecular weight excluding hydrogens is 182 g/mol. The molecule has 0 aromatic carbocycles. The summed E-state index contributed by atoms with van der Waals surface area (Å²) in [6.45, 7) is 1.97. The van der Waals surface area contributed by atoms with Gasteiger partial charge in [-0.3, -0.25) is 4.79 Å². The number of unbranched alkanes of at least 4 members (excludes halogenated alkanes) is 2. The first-order chi connectivity index (χ1) is 6.81. The second kappa shape index (κ2) is 10.5. The van der Waals surface area contributed by atoms with Crippen molar-refractivity contribution < 1.29 is 14.3 Å². The fraction of sp³-hybridized carbons (Fsp3) is 0.900. The lowest BCUT2D eigenvalue weighted by Gasteiger charge is -2.03. The molecule has 0 unspecified atom stereocenters. The molecule has 0 fully saturated rings. The summed E-state index contributed by atoms with van der Waals surface area (Å²) in [5.74, 6) is 0.111. The van der Waals surface area contributed by atoms with Crippen molar-refractivity contribution in [1.82, 2.24) is 5.32 Å². The summed E-state index contributed by atoms with van der Waals surface area (Å²) in [5.41, 5.74) is 0. The molecule has 0 saturated carbocycles. The van der Waals surface area contributed by atoms with Crippen molar-refractivity contribution in [3.8, 4) is 0 Å². The molecule has 14 heavy (non-hydrogen) atoms. The Balaban J connectivity index is 3.10. The highest BCUT2D eigenvalue weighted by molar-refractivity contribution is 5.75. The third-order valence-corrected chi connectivity index (χ3v) is 1.88. The highest BCUT2D eigenvalue weighted by Gasteiger charge is 1.99. The Morgan fingerprint density at radius 1 is 1.07 bits per heavy atom. The normalized spacial score (nSPS) is 10.1. The Morgan fingerprint density at radius 2 is 1.79 bits per heavy atom. The molecule has 0 saturated heterocycles. The van der Waals surface area contributed by atoms with E-state index in [1.54, 1.807) is 14.2 Å². The van der Waals surface area contributed by atoms with Gasteiger partial charge in [-0.2, -0.15) is 0 Å². The van der Waals surface area contributed by atoms with Gasteiger partial charge in [0, 0.05) is 33.8 Å². The van der Waals surface area contributed by atoms with Gasteiger partial charge < -0.3 is 14.8 Å². The SMILES string of the molecule is COCCCCCC(=O)NCCOC. The summed E-state index contributed by atoms with van der Waals surface area (Å²) in [7, 11) is 3.31. The Morgan fingerprint density at radius 3 is 2.43 bits per heavy atom. The largest absolute Gasteiger partial charge is 0.385 e. The quantitative estimate of drug-likeness (QED) is 0.568. The molecular formula is C10H21NO3. The van der Waals surface area contributed by atoms with E-state index in [0.717, 1.165) is 25.9 Å². The summed E-state index contributed by atoms with van der Waals surface area (Å²) < 4.78 is 9.73. The number of nitrogens with one attached hydrogen (secondary N) is 1. The van der Waals surface area contributed by atoms with Gasteiger partial charge in [0.2, 0.25) is 5.91 Å². The van der Waals surface area contributed by atoms with Crippen LogP contribution in [0.25, 0.3) is 0 Å². The summed E-state index contributed by atoms with van der Waals surface area (Å²) in [5, 5.41) is 2.78. The molecule has 0 aromatic heterocycles. The van der Waals surface area contributed by atoms with Crippen molar-refractivity contribution in [2.24, 2.45) is 0 Å². The molecule has 0 bridgehead atoms. The summed E-state index contributed by atoms with van der Waals surface area (Å²) in [6, 6.07) is 0. The van der Waals surface area contributed by atoms with E-state index in [1.807, 2.05) is 0 Å². The van der Waals surface area contributed by atoms with E-state index in [4.69, 9.17) is 9.47 Å². The molecule has 4 nitrogen and oxygen atoms in total. The lowest BCUT2D eigenvalue weighted by molar-refractivity contribution is -0.121. The maximum Gasteiger partial charge on any atom is 0.220 e. The molecule has 1 N–H and O–H groups in total. The summed E-state index contributed by atoms with van der Waals surface area (Å²) in [6.07, 6.45) is 3.61. The molecule has 84 valence electrons. The van der Waals surface area contributed by atoms with Gasteiger partial charge in [-0.1, -0.05) is 6.42 Å². The van der Waals surface area contributed by atoms with E-state index in [2.05, 4.69) is 5.32 Å². The highest BCUT2D eigenvalue weighted by Crippen LogP contribution is 1.99. The van der Waals surface area contributed by atoms with Gasteiger partial charge in [0.15, 0.2) is 0 Å². The molecule has 0 rings (SSSR count). The van der Waals surface area contributed by atoms with Gasteiger partial charge >= 0.3 is 0 Å². The Bertz CT molecular complexity index is 139. The van der Waals surface area contributed by atoms with Crippen LogP contribution < -0.4 is 5.32 Å². The fourth-order valence-corrected chi connectivity index (χ4v) is 1.09. The zero-order chi connectivity index (χ0) is 10.6. The lowest BCUT2D eigenvalue weighted by atomic mass is 10.2. The van der Waals surface area contributed by atoms with Gasteiger partial charge in [0.1, 0.15) is 0 Å². The highest BCUT2D eigenvalue weighted by atomic mass is 16.5. The van der Waals surface area contributed by atoms with Crippen molar-refractivity contribution in [1.29, 1.82) is 0 Å². The van der Waals surface area contributed by atoms with Crippen LogP contribution in [-0.2, 0) is 14.3 Å². The minimum absolute atomic E-state index is 0.111. The van der Waals surface area contributed by atoms with Gasteiger partial charge in [0.25, 0.3) is 0 Å². The van der Waals surface area contributed by atoms with Crippen LogP contribution in [0.15, 0.2) is 0 Å². The fourth-order valence-electron chi connectivity index (χ4n) is 1.09. The number of methoxy groups -OCH3 is 2. The van der Waals surface area contributed by atoms with E-state index < -0.39 is 0 Å². The standard InChI is InChI=1S/C10H21NO3/c1-13-8-5-3-4-6-10(12)11-7-9-14-2/h3-9H2,1-2H3,(H,11,12). The number of ether oxygens (including phenoxy) is 2. The first-order valence-electron chi connectivity index (χ1n) is 5.06. The van der Waals surface area contributed by atoms with Crippen LogP contribution in [0.3, 0.4) is 0 Å². The van der Waals surface area contributed by atoms with Crippen LogP contribution in [0.5, 0.6) is 0 Å². The second-order valence-electron chi connectivity index (χ2n) is 3.15. The maximum atomic E-state index is 11.2. The van der Waals surface area contributed by atoms with Crippen LogP contribution in [-0.4, -0.2) is 39.9 Å². The molecule has 0 spiro atoms. The Kier molecular flexibility index (Phi) is 10.0. The van der Waals surface area contributed by atoms with Gasteiger partial charge in [-0.15, -0.1) is 0 Å². The topological polar surface area (TPSA) is 47.6 Å². The van der Waals surface area contributed by atoms with E-state index >= 15 is 0 Å². The van der Waals surface area contributed by atoms with Crippen LogP contribution in [0.4, 0.5) is 0 Å². The van der Waals surface area contributed by atoms with Gasteiger partial charge in [-0.05, 0) is 12.8 Å². The zero-order valence-electron chi connectivity index (χ0n) is 9.17. The lowest BCUT2D eigenvalue weighted by Crippen LogP contribution is -2.26. The van der Waals surface area contributed by atoms with E-state index in [9.17, 15) is 4.79 Å². The first kappa shape index (κ1) is 13.4. The van der Waals surface area contributed by atoms with Crippen LogP contribution in [0.1, 0.15) is 25.7 Å². The molecule has 0 radical (unpaired) electrons. The molecule has 0 aliphatic heterocycles. The summed E-state index contributed by atoms with van der Waals surface area (Å²) in [4.78, 5) is 11.2. The molecule has 1 amide bonds. The molecule has 0 aromatic rings. The number of amides is 1. The summed E-state index contributed by atoms with van der Waals surface area (Å²) >= 11 is 0. The number of hydrogen-bond donors (Lipinski definition) is 1. The van der Waals surface area contributed by atoms with Crippen molar-refractivity contribution in [3.05, 3.63) is 0 Å². The van der Waals surface area contributed by atoms with Crippen molar-refractivity contribution in [3.63, 3.8) is 0 Å². The molecule has 0 heterocycles. The number of carbonyl (C=O) groups is 1. The number of hydrogen-bond acceptors (Lipinski definition) is 3. The van der Waals surface area contributed by atoms with E-state index in [0.29, 0.717) is 19.6 Å². The minimum atomic E-state index is 0.111. The monoisotopic (exact) mass is 203 g/mol. The first-order valence-corrected chi connectivity index (χ1v) is 5.06. The molecule has 0 aliphatic carbocycles. The average Bonchev–Trinajstić information content (AvgIpc) is 2.18. The maximum absolute atomic E-state index is 11.2. The predicted octanol–water partition coefficient (Wildman–Crippen LogP) is 0.956. The third kappa shape index (κ3) is 9.48. The minimum Gasteiger partial charge on any atom is -0.385 e. The number of rotatable bonds is 9. The van der Waals surface area contributed by atoms with Crippen LogP contribution >= 0.6 is 0 Å². The van der Waals surface area contributed by atoms with Crippen LogP contribution in [0, 0.1) is 0 Å². The van der Waals surface area contributed by atoms with Crippen molar-refractivity contribution in [2.45, 2.75) is 25.7 Å². The third-order valence-electron chi connectivity index (χ3n) is 1.88. The van der Waals surface area contributed by atoms with Crippen LogP contribution in [0.2, 0.25) is 0 Å². The average molecular weight is 203 g/mol. The molecule has 0 atom stereocenters. The number of carbonyl (C=O) groups excluding carboxylic acids is 1. The predicted molar refractivity (Wildman–Crippen MR) is 55.2 cm³/mol. The van der Waals surface area contributed by atoms with E-state index in [-0.39, 0.29) is 5.91 Å². The zero-order valence-corrected chi connectivity index (χ0v) is 9.17. The Labute approximate surface area is 86.0 Å². The van der Waals surface area contributed by atoms with Crippen molar-refractivity contribution >= 4 is 5.91 Å². The smallest absolute Gasteiger partial charge is 0.220 e. The van der Waals surface area contributed by atoms with Gasteiger partial charge in [0.05, 0.1) is 6.61 Å². The van der Waals surface area contributed by atoms with E-state index in [1.165, 1.54) is 0 Å². The van der Waals surface area contributed by atoms with Gasteiger partial charge in [-0.25, -0.2) is 0 Å². The second-order valence-corrected chi connectivity index (χ2v) is 3.15. The Hall–Kier alpha value is -0.610. The molecule has 4 heteroatoms.